The highest BCUT2D eigenvalue weighted by atomic mass is 19.1. The molecular weight excluding hydrogens is 483 g/mol. The van der Waals surface area contributed by atoms with E-state index >= 15 is 0 Å². The fraction of sp³-hybridized carbons (Fsp3) is 0.484. The summed E-state index contributed by atoms with van der Waals surface area (Å²) in [7, 11) is 0. The van der Waals surface area contributed by atoms with Crippen LogP contribution in [0.25, 0.3) is 0 Å². The van der Waals surface area contributed by atoms with Crippen LogP contribution < -0.4 is 10.1 Å². The minimum atomic E-state index is -0.586. The number of carbonyl (C=O) groups excluding carboxylic acids is 2. The molecule has 3 aliphatic rings. The lowest BCUT2D eigenvalue weighted by molar-refractivity contribution is -0.130. The number of benzene rings is 2. The van der Waals surface area contributed by atoms with E-state index in [0.29, 0.717) is 43.8 Å². The summed E-state index contributed by atoms with van der Waals surface area (Å²) in [6.07, 6.45) is 5.56. The number of hydrogen-bond donors (Lipinski definition) is 2. The molecular formula is C31H35FN2O4. The predicted molar refractivity (Wildman–Crippen MR) is 142 cm³/mol. The summed E-state index contributed by atoms with van der Waals surface area (Å²) in [5, 5.41) is 12.6. The van der Waals surface area contributed by atoms with E-state index in [1.54, 1.807) is 37.3 Å². The van der Waals surface area contributed by atoms with E-state index in [1.807, 2.05) is 4.90 Å². The zero-order valence-corrected chi connectivity index (χ0v) is 21.8. The Morgan fingerprint density at radius 3 is 2.71 bits per heavy atom. The quantitative estimate of drug-likeness (QED) is 0.464. The van der Waals surface area contributed by atoms with E-state index in [4.69, 9.17) is 4.74 Å². The molecule has 1 saturated heterocycles. The predicted octanol–water partition coefficient (Wildman–Crippen LogP) is 4.88. The molecule has 3 fully saturated rings. The van der Waals surface area contributed by atoms with Crippen molar-refractivity contribution in [3.63, 3.8) is 0 Å². The van der Waals surface area contributed by atoms with Gasteiger partial charge in [0.1, 0.15) is 17.3 Å². The summed E-state index contributed by atoms with van der Waals surface area (Å²) >= 11 is 0. The summed E-state index contributed by atoms with van der Waals surface area (Å²) in [5.41, 5.74) is 0.716. The van der Waals surface area contributed by atoms with Crippen molar-refractivity contribution in [1.29, 1.82) is 0 Å². The fourth-order valence-corrected chi connectivity index (χ4v) is 5.95. The highest BCUT2D eigenvalue weighted by Gasteiger charge is 2.50. The van der Waals surface area contributed by atoms with Crippen molar-refractivity contribution in [2.75, 3.05) is 26.2 Å². The zero-order chi connectivity index (χ0) is 26.7. The van der Waals surface area contributed by atoms with Crippen LogP contribution >= 0.6 is 0 Å². The Hall–Kier alpha value is -3.53. The Morgan fingerprint density at radius 2 is 2.00 bits per heavy atom. The molecule has 38 heavy (non-hydrogen) atoms. The number of ether oxygens (including phenoxy) is 1. The molecule has 2 aromatic rings. The van der Waals surface area contributed by atoms with E-state index < -0.39 is 11.7 Å². The number of halogens is 1. The average Bonchev–Trinajstić information content (AvgIpc) is 3.55. The van der Waals surface area contributed by atoms with Gasteiger partial charge in [0.05, 0.1) is 18.1 Å². The van der Waals surface area contributed by atoms with Gasteiger partial charge in [-0.05, 0) is 74.3 Å². The molecule has 2 amide bonds. The number of hydrogen-bond acceptors (Lipinski definition) is 4. The molecule has 6 nitrogen and oxygen atoms in total. The van der Waals surface area contributed by atoms with E-state index in [9.17, 15) is 19.1 Å². The average molecular weight is 519 g/mol. The Labute approximate surface area is 223 Å². The number of fused-ring (bicyclic) bond motifs is 1. The van der Waals surface area contributed by atoms with Crippen molar-refractivity contribution in [1.82, 2.24) is 10.2 Å². The molecule has 2 saturated carbocycles. The van der Waals surface area contributed by atoms with Gasteiger partial charge in [-0.15, -0.1) is 5.92 Å². The minimum Gasteiger partial charge on any atom is -0.508 e. The van der Waals surface area contributed by atoms with Crippen molar-refractivity contribution in [3.05, 3.63) is 59.4 Å². The highest BCUT2D eigenvalue weighted by molar-refractivity contribution is 5.94. The van der Waals surface area contributed by atoms with Gasteiger partial charge in [-0.1, -0.05) is 24.5 Å². The van der Waals surface area contributed by atoms with Gasteiger partial charge >= 0.3 is 0 Å². The van der Waals surface area contributed by atoms with Crippen LogP contribution in [0.2, 0.25) is 0 Å². The molecule has 1 heterocycles. The topological polar surface area (TPSA) is 78.9 Å². The summed E-state index contributed by atoms with van der Waals surface area (Å²) in [6, 6.07) is 11.2. The number of likely N-dealkylation sites (tertiary alicyclic amines) is 1. The van der Waals surface area contributed by atoms with E-state index in [1.165, 1.54) is 12.1 Å². The molecule has 5 rings (SSSR count). The number of carbonyl (C=O) groups is 2. The SMILES string of the molecule is CC#C[C@@H](CC(=O)N1C[C@@H]2CCC[C@]2(CNC(=O)c2ccc(OCC3CC3)cc2F)C1)c1ccc(O)cc1. The smallest absolute Gasteiger partial charge is 0.254 e. The van der Waals surface area contributed by atoms with E-state index in [-0.39, 0.29) is 35.0 Å². The Bertz CT molecular complexity index is 1250. The van der Waals surface area contributed by atoms with Gasteiger partial charge in [-0.3, -0.25) is 9.59 Å². The normalized spacial score (nSPS) is 22.8. The van der Waals surface area contributed by atoms with Gasteiger partial charge in [0, 0.05) is 37.5 Å². The largest absolute Gasteiger partial charge is 0.508 e. The van der Waals surface area contributed by atoms with Crippen LogP contribution in [0.15, 0.2) is 42.5 Å². The number of phenols is 1. The molecule has 2 aromatic carbocycles. The van der Waals surface area contributed by atoms with Crippen LogP contribution in [0, 0.1) is 34.9 Å². The molecule has 2 N–H and O–H groups in total. The van der Waals surface area contributed by atoms with E-state index in [2.05, 4.69) is 17.2 Å². The summed E-state index contributed by atoms with van der Waals surface area (Å²) in [5.74, 6) is 6.33. The second-order valence-corrected chi connectivity index (χ2v) is 11.0. The van der Waals surface area contributed by atoms with Crippen molar-refractivity contribution in [2.45, 2.75) is 51.4 Å². The van der Waals surface area contributed by atoms with Gasteiger partial charge in [0.25, 0.3) is 5.91 Å². The van der Waals surface area contributed by atoms with Crippen LogP contribution in [0.5, 0.6) is 11.5 Å². The fourth-order valence-electron chi connectivity index (χ4n) is 5.95. The number of nitrogens with zero attached hydrogens (tertiary/aromatic N) is 1. The maximum Gasteiger partial charge on any atom is 0.254 e. The van der Waals surface area contributed by atoms with Crippen LogP contribution in [0.1, 0.15) is 67.3 Å². The Balaban J connectivity index is 1.20. The van der Waals surface area contributed by atoms with Crippen molar-refractivity contribution >= 4 is 11.8 Å². The molecule has 0 unspecified atom stereocenters. The Morgan fingerprint density at radius 1 is 1.21 bits per heavy atom. The first-order valence-corrected chi connectivity index (χ1v) is 13.6. The summed E-state index contributed by atoms with van der Waals surface area (Å²) in [4.78, 5) is 28.2. The third-order valence-electron chi connectivity index (χ3n) is 8.35. The number of phenolic OH excluding ortho intramolecular Hbond substituents is 1. The van der Waals surface area contributed by atoms with Crippen LogP contribution in [-0.2, 0) is 4.79 Å². The highest BCUT2D eigenvalue weighted by Crippen LogP contribution is 2.48. The van der Waals surface area contributed by atoms with Gasteiger partial charge in [0.2, 0.25) is 5.91 Å². The second kappa shape index (κ2) is 11.1. The minimum absolute atomic E-state index is 0.00975. The van der Waals surface area contributed by atoms with Gasteiger partial charge < -0.3 is 20.1 Å². The second-order valence-electron chi connectivity index (χ2n) is 11.0. The molecule has 0 spiro atoms. The van der Waals surface area contributed by atoms with Crippen LogP contribution in [-0.4, -0.2) is 48.1 Å². The molecule has 2 aliphatic carbocycles. The molecule has 7 heteroatoms. The molecule has 0 bridgehead atoms. The molecule has 1 aliphatic heterocycles. The monoisotopic (exact) mass is 518 g/mol. The summed E-state index contributed by atoms with van der Waals surface area (Å²) < 4.78 is 20.3. The lowest BCUT2D eigenvalue weighted by Gasteiger charge is -2.29. The third-order valence-corrected chi connectivity index (χ3v) is 8.35. The van der Waals surface area contributed by atoms with Crippen LogP contribution in [0.3, 0.4) is 0 Å². The van der Waals surface area contributed by atoms with Crippen molar-refractivity contribution in [2.24, 2.45) is 17.3 Å². The summed E-state index contributed by atoms with van der Waals surface area (Å²) in [6.45, 7) is 4.00. The first-order chi connectivity index (χ1) is 18.4. The maximum atomic E-state index is 14.7. The number of rotatable bonds is 9. The number of amides is 2. The lowest BCUT2D eigenvalue weighted by Crippen LogP contribution is -2.41. The number of aromatic hydroxyl groups is 1. The first kappa shape index (κ1) is 26.1. The molecule has 0 aromatic heterocycles. The third kappa shape index (κ3) is 5.80. The van der Waals surface area contributed by atoms with Crippen molar-refractivity contribution < 1.29 is 23.8 Å². The van der Waals surface area contributed by atoms with Crippen molar-refractivity contribution in [3.8, 4) is 23.3 Å². The number of nitrogens with one attached hydrogen (secondary N) is 1. The molecule has 0 radical (unpaired) electrons. The zero-order valence-electron chi connectivity index (χ0n) is 21.8. The maximum absolute atomic E-state index is 14.7. The standard InChI is InChI=1S/C31H35FN2O4/c1-2-4-23(22-8-10-25(35)11-9-22)15-29(36)34-17-24-5-3-14-31(24,20-34)19-33-30(37)27-13-12-26(16-28(27)32)38-18-21-6-7-21/h8-13,16,21,23-24,35H,3,5-7,14-15,17-20H2,1H3,(H,33,37)/t23-,24-,31-/m0/s1. The van der Waals surface area contributed by atoms with Gasteiger partial charge in [0.15, 0.2) is 0 Å². The first-order valence-electron chi connectivity index (χ1n) is 13.6. The molecule has 3 atom stereocenters. The van der Waals surface area contributed by atoms with Gasteiger partial charge in [-0.2, -0.15) is 0 Å². The van der Waals surface area contributed by atoms with Gasteiger partial charge in [-0.25, -0.2) is 4.39 Å². The van der Waals surface area contributed by atoms with E-state index in [0.717, 1.165) is 37.7 Å². The lowest BCUT2D eigenvalue weighted by atomic mass is 9.80. The molecule has 200 valence electrons. The Kier molecular flexibility index (Phi) is 7.60. The van der Waals surface area contributed by atoms with Crippen LogP contribution in [0.4, 0.5) is 4.39 Å².